The van der Waals surface area contributed by atoms with Gasteiger partial charge in [-0.3, -0.25) is 0 Å². The molecule has 0 aliphatic rings. The molecule has 10 heteroatoms. The summed E-state index contributed by atoms with van der Waals surface area (Å²) in [5, 5.41) is 14.8. The van der Waals surface area contributed by atoms with Gasteiger partial charge in [0.2, 0.25) is 0 Å². The van der Waals surface area contributed by atoms with Crippen LogP contribution in [0.3, 0.4) is 0 Å². The maximum absolute atomic E-state index is 11.0. The van der Waals surface area contributed by atoms with E-state index >= 15 is 0 Å². The molecule has 8 nitrogen and oxygen atoms in total. The van der Waals surface area contributed by atoms with Crippen molar-refractivity contribution in [3.8, 4) is 22.5 Å². The first kappa shape index (κ1) is 24.2. The van der Waals surface area contributed by atoms with Gasteiger partial charge >= 0.3 is 5.95 Å². The Bertz CT molecular complexity index is 1200. The number of unbranched alkanes of at least 4 members (excludes halogenated alkanes) is 1. The average molecular weight is 485 g/mol. The summed E-state index contributed by atoms with van der Waals surface area (Å²) in [4.78, 5) is 23.6. The van der Waals surface area contributed by atoms with Gasteiger partial charge in [-0.05, 0) is 23.3 Å². The lowest BCUT2D eigenvalue weighted by molar-refractivity contribution is -0.396. The van der Waals surface area contributed by atoms with Crippen LogP contribution in [0.2, 0.25) is 5.15 Å². The fraction of sp³-hybridized carbons (Fsp3) is 0.174. The third kappa shape index (κ3) is 5.85. The van der Waals surface area contributed by atoms with Crippen molar-refractivity contribution in [2.24, 2.45) is 0 Å². The van der Waals surface area contributed by atoms with Crippen LogP contribution < -0.4 is 5.32 Å². The number of nitro groups is 1. The van der Waals surface area contributed by atoms with Gasteiger partial charge in [0.15, 0.2) is 5.82 Å². The Morgan fingerprint density at radius 3 is 2.30 bits per heavy atom. The summed E-state index contributed by atoms with van der Waals surface area (Å²) >= 11 is 6.61. The first-order valence-corrected chi connectivity index (χ1v) is 10.6. The first-order valence-electron chi connectivity index (χ1n) is 10.2. The van der Waals surface area contributed by atoms with E-state index in [2.05, 4.69) is 15.3 Å². The lowest BCUT2D eigenvalue weighted by Gasteiger charge is -2.14. The van der Waals surface area contributed by atoms with Crippen molar-refractivity contribution >= 4 is 35.8 Å². The van der Waals surface area contributed by atoms with E-state index in [4.69, 9.17) is 16.6 Å². The summed E-state index contributed by atoms with van der Waals surface area (Å²) in [5.74, 6) is 1.06. The summed E-state index contributed by atoms with van der Waals surface area (Å²) in [7, 11) is 0. The van der Waals surface area contributed by atoms with E-state index in [1.54, 1.807) is 10.8 Å². The number of benzene rings is 2. The van der Waals surface area contributed by atoms with Crippen LogP contribution in [0.15, 0.2) is 73.1 Å². The predicted molar refractivity (Wildman–Crippen MR) is 132 cm³/mol. The van der Waals surface area contributed by atoms with Crippen LogP contribution in [0.1, 0.15) is 12.8 Å². The minimum atomic E-state index is -0.474. The number of aryl methyl sites for hydroxylation is 1. The third-order valence-corrected chi connectivity index (χ3v) is 5.21. The lowest BCUT2D eigenvalue weighted by Crippen LogP contribution is -2.09. The van der Waals surface area contributed by atoms with E-state index in [0.717, 1.165) is 29.5 Å². The largest absolute Gasteiger partial charge is 0.434 e. The van der Waals surface area contributed by atoms with E-state index in [1.165, 1.54) is 6.20 Å². The van der Waals surface area contributed by atoms with Crippen molar-refractivity contribution in [1.82, 2.24) is 19.5 Å². The van der Waals surface area contributed by atoms with Crippen LogP contribution >= 0.6 is 24.0 Å². The summed E-state index contributed by atoms with van der Waals surface area (Å²) in [5.41, 5.74) is 2.55. The maximum Gasteiger partial charge on any atom is 0.434 e. The van der Waals surface area contributed by atoms with E-state index in [1.807, 2.05) is 60.7 Å². The highest BCUT2D eigenvalue weighted by atomic mass is 35.5. The van der Waals surface area contributed by atoms with Gasteiger partial charge in [-0.2, -0.15) is 0 Å². The van der Waals surface area contributed by atoms with Gasteiger partial charge in [0.25, 0.3) is 0 Å². The fourth-order valence-electron chi connectivity index (χ4n) is 3.40. The highest BCUT2D eigenvalue weighted by Gasteiger charge is 2.16. The lowest BCUT2D eigenvalue weighted by atomic mass is 10.1. The third-order valence-electron chi connectivity index (χ3n) is 4.93. The van der Waals surface area contributed by atoms with Crippen molar-refractivity contribution in [3.63, 3.8) is 0 Å². The zero-order valence-corrected chi connectivity index (χ0v) is 19.2. The topological polar surface area (TPSA) is 98.8 Å². The van der Waals surface area contributed by atoms with Crippen molar-refractivity contribution < 1.29 is 4.92 Å². The smallest absolute Gasteiger partial charge is 0.390 e. The molecule has 33 heavy (non-hydrogen) atoms. The molecule has 2 aromatic heterocycles. The van der Waals surface area contributed by atoms with Crippen molar-refractivity contribution in [3.05, 3.63) is 88.3 Å². The number of nitrogens with zero attached hydrogens (tertiary/aromatic N) is 5. The number of aromatic nitrogens is 4. The fourth-order valence-corrected chi connectivity index (χ4v) is 3.68. The highest BCUT2D eigenvalue weighted by molar-refractivity contribution is 6.32. The van der Waals surface area contributed by atoms with Gasteiger partial charge in [0.05, 0.1) is 12.1 Å². The van der Waals surface area contributed by atoms with E-state index < -0.39 is 4.92 Å². The Morgan fingerprint density at radius 1 is 0.970 bits per heavy atom. The molecule has 0 unspecified atom stereocenters. The second kappa shape index (κ2) is 11.4. The molecule has 0 atom stereocenters. The quantitative estimate of drug-likeness (QED) is 0.138. The molecule has 0 aliphatic carbocycles. The number of nitrogens with one attached hydrogen (secondary N) is 1. The van der Waals surface area contributed by atoms with Crippen molar-refractivity contribution in [2.45, 2.75) is 19.4 Å². The molecule has 170 valence electrons. The molecular formula is C23H22Cl2N6O2. The summed E-state index contributed by atoms with van der Waals surface area (Å²) in [6.45, 7) is 1.15. The summed E-state index contributed by atoms with van der Waals surface area (Å²) in [6, 6.07) is 19.4. The van der Waals surface area contributed by atoms with Gasteiger partial charge in [-0.25, -0.2) is 14.5 Å². The Hall–Kier alpha value is -3.49. The van der Waals surface area contributed by atoms with Gasteiger partial charge in [0.1, 0.15) is 23.4 Å². The molecule has 1 N–H and O–H groups in total. The zero-order valence-electron chi connectivity index (χ0n) is 17.6. The minimum absolute atomic E-state index is 0. The zero-order chi connectivity index (χ0) is 22.3. The summed E-state index contributed by atoms with van der Waals surface area (Å²) < 4.78 is 1.55. The number of hydrogen-bond acceptors (Lipinski definition) is 6. The number of anilines is 1. The minimum Gasteiger partial charge on any atom is -0.390 e. The molecular weight excluding hydrogens is 463 g/mol. The van der Waals surface area contributed by atoms with Crippen LogP contribution in [-0.4, -0.2) is 31.0 Å². The normalized spacial score (nSPS) is 10.5. The molecule has 4 rings (SSSR count). The Kier molecular flexibility index (Phi) is 8.34. The molecule has 0 amide bonds. The molecule has 0 saturated heterocycles. The van der Waals surface area contributed by atoms with Crippen molar-refractivity contribution in [1.29, 1.82) is 0 Å². The molecule has 0 saturated carbocycles. The van der Waals surface area contributed by atoms with Crippen LogP contribution in [0.5, 0.6) is 0 Å². The molecule has 0 spiro atoms. The van der Waals surface area contributed by atoms with E-state index in [9.17, 15) is 10.1 Å². The van der Waals surface area contributed by atoms with Gasteiger partial charge in [0, 0.05) is 12.1 Å². The second-order valence-electron chi connectivity index (χ2n) is 7.11. The van der Waals surface area contributed by atoms with Crippen LogP contribution in [0.25, 0.3) is 22.5 Å². The molecule has 2 heterocycles. The van der Waals surface area contributed by atoms with Crippen molar-refractivity contribution in [2.75, 3.05) is 11.9 Å². The monoisotopic (exact) mass is 484 g/mol. The molecule has 0 aliphatic heterocycles. The average Bonchev–Trinajstić information content (AvgIpc) is 3.29. The van der Waals surface area contributed by atoms with Gasteiger partial charge in [-0.1, -0.05) is 77.2 Å². The molecule has 0 fully saturated rings. The number of hydrogen-bond donors (Lipinski definition) is 1. The highest BCUT2D eigenvalue weighted by Crippen LogP contribution is 2.34. The number of rotatable bonds is 9. The molecule has 4 aromatic rings. The van der Waals surface area contributed by atoms with Gasteiger partial charge < -0.3 is 15.4 Å². The van der Waals surface area contributed by atoms with Crippen LogP contribution in [-0.2, 0) is 6.54 Å². The molecule has 0 bridgehead atoms. The SMILES string of the molecule is Cl.O=[N+]([O-])c1nccn1CCCCNc1nc(-c2ccccc2)nc(Cl)c1-c1ccccc1. The standard InChI is InChI=1S/C23H21ClN6O2.ClH/c24-20-19(17-9-3-1-4-10-17)22(28-21(27-20)18-11-5-2-6-12-18)25-13-7-8-15-29-16-14-26-23(29)30(31)32;/h1-6,9-12,14,16H,7-8,13,15H2,(H,25,27,28);1H. The second-order valence-corrected chi connectivity index (χ2v) is 7.46. The number of halogens is 2. The Labute approximate surface area is 202 Å². The van der Waals surface area contributed by atoms with E-state index in [0.29, 0.717) is 29.9 Å². The molecule has 2 aromatic carbocycles. The predicted octanol–water partition coefficient (Wildman–Crippen LogP) is 5.88. The van der Waals surface area contributed by atoms with E-state index in [-0.39, 0.29) is 18.4 Å². The maximum atomic E-state index is 11.0. The van der Waals surface area contributed by atoms with Crippen LogP contribution in [0.4, 0.5) is 11.8 Å². The summed E-state index contributed by atoms with van der Waals surface area (Å²) in [6.07, 6.45) is 4.59. The Balaban J connectivity index is 0.00000306. The Morgan fingerprint density at radius 2 is 1.64 bits per heavy atom. The first-order chi connectivity index (χ1) is 15.6. The molecule has 0 radical (unpaired) electrons. The van der Waals surface area contributed by atoms with Gasteiger partial charge in [-0.15, -0.1) is 12.4 Å². The number of imidazole rings is 1. The van der Waals surface area contributed by atoms with Crippen LogP contribution in [0, 0.1) is 10.1 Å².